The fourth-order valence-electron chi connectivity index (χ4n) is 3.66. The fourth-order valence-corrected chi connectivity index (χ4v) is 3.66. The summed E-state index contributed by atoms with van der Waals surface area (Å²) in [4.78, 5) is 13.0. The third kappa shape index (κ3) is 4.06. The maximum Gasteiger partial charge on any atom is 0.246 e. The summed E-state index contributed by atoms with van der Waals surface area (Å²) in [6.45, 7) is 4.57. The summed E-state index contributed by atoms with van der Waals surface area (Å²) in [5.41, 5.74) is 0.658. The van der Waals surface area contributed by atoms with E-state index in [1.165, 1.54) is 6.42 Å². The molecule has 0 saturated heterocycles. The smallest absolute Gasteiger partial charge is 0.246 e. The second-order valence-corrected chi connectivity index (χ2v) is 7.18. The minimum Gasteiger partial charge on any atom is -0.491 e. The van der Waals surface area contributed by atoms with Gasteiger partial charge in [0.15, 0.2) is 0 Å². The zero-order valence-corrected chi connectivity index (χ0v) is 15.2. The first kappa shape index (κ1) is 17.6. The molecule has 1 aromatic carbocycles. The van der Waals surface area contributed by atoms with Crippen molar-refractivity contribution in [2.24, 2.45) is 0 Å². The van der Waals surface area contributed by atoms with Gasteiger partial charge in [0.25, 0.3) is 0 Å². The highest BCUT2D eigenvalue weighted by atomic mass is 16.5. The maximum atomic E-state index is 13.0. The van der Waals surface area contributed by atoms with E-state index in [0.717, 1.165) is 37.0 Å². The molecule has 0 atom stereocenters. The zero-order valence-electron chi connectivity index (χ0n) is 15.2. The first-order chi connectivity index (χ1) is 12.1. The zero-order chi connectivity index (χ0) is 17.7. The molecule has 1 aliphatic carbocycles. The number of nitrogens with one attached hydrogen (secondary N) is 1. The van der Waals surface area contributed by atoms with Crippen LogP contribution >= 0.6 is 0 Å². The molecule has 0 radical (unpaired) electrons. The summed E-state index contributed by atoms with van der Waals surface area (Å²) in [5, 5.41) is 3.16. The molecule has 4 heteroatoms. The van der Waals surface area contributed by atoms with Crippen LogP contribution in [0, 0.1) is 0 Å². The summed E-state index contributed by atoms with van der Waals surface area (Å²) in [6.07, 6.45) is 9.45. The van der Waals surface area contributed by atoms with Gasteiger partial charge in [-0.15, -0.1) is 0 Å². The van der Waals surface area contributed by atoms with Gasteiger partial charge in [0.1, 0.15) is 11.3 Å². The molecule has 4 nitrogen and oxygen atoms in total. The van der Waals surface area contributed by atoms with E-state index in [-0.39, 0.29) is 12.0 Å². The van der Waals surface area contributed by atoms with Gasteiger partial charge < -0.3 is 14.6 Å². The van der Waals surface area contributed by atoms with Crippen LogP contribution in [0.2, 0.25) is 0 Å². The largest absolute Gasteiger partial charge is 0.491 e. The molecule has 1 aromatic heterocycles. The Balaban J connectivity index is 1.66. The molecule has 1 amide bonds. The van der Waals surface area contributed by atoms with Crippen molar-refractivity contribution < 1.29 is 9.53 Å². The SMILES string of the molecule is CC(C)Oc1ccc(CNC(=O)C2(n3cccc3)CCCCC2)cc1. The van der Waals surface area contributed by atoms with Crippen molar-refractivity contribution in [3.05, 3.63) is 54.4 Å². The van der Waals surface area contributed by atoms with E-state index in [2.05, 4.69) is 9.88 Å². The molecule has 1 N–H and O–H groups in total. The van der Waals surface area contributed by atoms with Crippen LogP contribution in [0.1, 0.15) is 51.5 Å². The number of hydrogen-bond acceptors (Lipinski definition) is 2. The summed E-state index contributed by atoms with van der Waals surface area (Å²) >= 11 is 0. The van der Waals surface area contributed by atoms with Gasteiger partial charge in [0, 0.05) is 18.9 Å². The van der Waals surface area contributed by atoms with E-state index in [9.17, 15) is 4.79 Å². The number of aromatic nitrogens is 1. The Bertz CT molecular complexity index is 668. The van der Waals surface area contributed by atoms with Gasteiger partial charge in [-0.25, -0.2) is 0 Å². The van der Waals surface area contributed by atoms with Crippen LogP contribution in [-0.2, 0) is 16.9 Å². The van der Waals surface area contributed by atoms with Crippen molar-refractivity contribution in [2.45, 2.75) is 64.1 Å². The highest BCUT2D eigenvalue weighted by Gasteiger charge is 2.40. The Morgan fingerprint density at radius 2 is 1.76 bits per heavy atom. The standard InChI is InChI=1S/C21H28N2O2/c1-17(2)25-19-10-8-18(9-11-19)16-22-20(24)21(12-4-3-5-13-21)23-14-6-7-15-23/h6-11,14-15,17H,3-5,12-13,16H2,1-2H3,(H,22,24). The molecule has 1 fully saturated rings. The van der Waals surface area contributed by atoms with E-state index in [0.29, 0.717) is 6.54 Å². The molecule has 0 bridgehead atoms. The Morgan fingerprint density at radius 3 is 2.36 bits per heavy atom. The Kier molecular flexibility index (Phi) is 5.47. The Morgan fingerprint density at radius 1 is 1.12 bits per heavy atom. The van der Waals surface area contributed by atoms with Gasteiger partial charge in [-0.05, 0) is 56.5 Å². The van der Waals surface area contributed by atoms with Crippen molar-refractivity contribution in [3.8, 4) is 5.75 Å². The average molecular weight is 340 g/mol. The minimum atomic E-state index is -0.428. The molecule has 25 heavy (non-hydrogen) atoms. The lowest BCUT2D eigenvalue weighted by Gasteiger charge is -2.37. The van der Waals surface area contributed by atoms with Crippen LogP contribution < -0.4 is 10.1 Å². The first-order valence-corrected chi connectivity index (χ1v) is 9.27. The predicted octanol–water partition coefficient (Wildman–Crippen LogP) is 4.25. The van der Waals surface area contributed by atoms with E-state index in [4.69, 9.17) is 4.74 Å². The molecule has 1 heterocycles. The molecular weight excluding hydrogens is 312 g/mol. The van der Waals surface area contributed by atoms with Crippen LogP contribution in [0.4, 0.5) is 0 Å². The van der Waals surface area contributed by atoms with Gasteiger partial charge in [-0.3, -0.25) is 4.79 Å². The lowest BCUT2D eigenvalue weighted by Crippen LogP contribution is -2.49. The van der Waals surface area contributed by atoms with E-state index < -0.39 is 5.54 Å². The van der Waals surface area contributed by atoms with Crippen LogP contribution in [0.15, 0.2) is 48.8 Å². The molecular formula is C21H28N2O2. The average Bonchev–Trinajstić information content (AvgIpc) is 3.16. The normalized spacial score (nSPS) is 16.6. The Hall–Kier alpha value is -2.23. The molecule has 0 spiro atoms. The van der Waals surface area contributed by atoms with E-state index in [1.807, 2.05) is 62.6 Å². The van der Waals surface area contributed by atoms with Crippen molar-refractivity contribution in [3.63, 3.8) is 0 Å². The molecule has 1 aliphatic rings. The van der Waals surface area contributed by atoms with Gasteiger partial charge in [-0.1, -0.05) is 31.4 Å². The number of carbonyl (C=O) groups excluding carboxylic acids is 1. The Labute approximate surface area is 150 Å². The van der Waals surface area contributed by atoms with Crippen LogP contribution in [0.3, 0.4) is 0 Å². The quantitative estimate of drug-likeness (QED) is 0.854. The number of nitrogens with zero attached hydrogens (tertiary/aromatic N) is 1. The van der Waals surface area contributed by atoms with Crippen molar-refractivity contribution >= 4 is 5.91 Å². The summed E-state index contributed by atoms with van der Waals surface area (Å²) < 4.78 is 7.76. The van der Waals surface area contributed by atoms with Gasteiger partial charge in [0.05, 0.1) is 6.10 Å². The van der Waals surface area contributed by atoms with Crippen LogP contribution in [0.25, 0.3) is 0 Å². The number of rotatable bonds is 6. The van der Waals surface area contributed by atoms with E-state index >= 15 is 0 Å². The minimum absolute atomic E-state index is 0.130. The fraction of sp³-hybridized carbons (Fsp3) is 0.476. The number of amides is 1. The topological polar surface area (TPSA) is 43.3 Å². The third-order valence-corrected chi connectivity index (χ3v) is 4.95. The molecule has 134 valence electrons. The number of hydrogen-bond donors (Lipinski definition) is 1. The van der Waals surface area contributed by atoms with Crippen LogP contribution in [-0.4, -0.2) is 16.6 Å². The predicted molar refractivity (Wildman–Crippen MR) is 99.5 cm³/mol. The highest BCUT2D eigenvalue weighted by molar-refractivity contribution is 5.84. The second kappa shape index (κ2) is 7.77. The third-order valence-electron chi connectivity index (χ3n) is 4.95. The lowest BCUT2D eigenvalue weighted by molar-refractivity contribution is -0.131. The van der Waals surface area contributed by atoms with Gasteiger partial charge in [-0.2, -0.15) is 0 Å². The molecule has 0 aliphatic heterocycles. The van der Waals surface area contributed by atoms with Crippen molar-refractivity contribution in [2.75, 3.05) is 0 Å². The summed E-state index contributed by atoms with van der Waals surface area (Å²) in [5.74, 6) is 0.993. The molecule has 0 unspecified atom stereocenters. The molecule has 1 saturated carbocycles. The molecule has 2 aromatic rings. The number of ether oxygens (including phenoxy) is 1. The van der Waals surface area contributed by atoms with E-state index in [1.54, 1.807) is 0 Å². The van der Waals surface area contributed by atoms with Gasteiger partial charge in [0.2, 0.25) is 5.91 Å². The highest BCUT2D eigenvalue weighted by Crippen LogP contribution is 2.35. The lowest BCUT2D eigenvalue weighted by atomic mass is 9.80. The number of carbonyl (C=O) groups is 1. The monoisotopic (exact) mass is 340 g/mol. The van der Waals surface area contributed by atoms with Crippen molar-refractivity contribution in [1.82, 2.24) is 9.88 Å². The van der Waals surface area contributed by atoms with Crippen molar-refractivity contribution in [1.29, 1.82) is 0 Å². The number of benzene rings is 1. The van der Waals surface area contributed by atoms with Crippen LogP contribution in [0.5, 0.6) is 5.75 Å². The maximum absolute atomic E-state index is 13.0. The van der Waals surface area contributed by atoms with Gasteiger partial charge >= 0.3 is 0 Å². The molecule has 3 rings (SSSR count). The first-order valence-electron chi connectivity index (χ1n) is 9.27. The summed E-state index contributed by atoms with van der Waals surface area (Å²) in [6, 6.07) is 11.9. The summed E-state index contributed by atoms with van der Waals surface area (Å²) in [7, 11) is 0. The second-order valence-electron chi connectivity index (χ2n) is 7.18.